The van der Waals surface area contributed by atoms with Gasteiger partial charge in [-0.1, -0.05) is 24.3 Å². The van der Waals surface area contributed by atoms with E-state index in [0.29, 0.717) is 11.1 Å². The van der Waals surface area contributed by atoms with Crippen LogP contribution in [0.3, 0.4) is 0 Å². The van der Waals surface area contributed by atoms with Crippen molar-refractivity contribution in [3.8, 4) is 11.8 Å². The highest BCUT2D eigenvalue weighted by Gasteiger charge is 2.01. The molecule has 0 aliphatic carbocycles. The van der Waals surface area contributed by atoms with Gasteiger partial charge in [-0.3, -0.25) is 4.79 Å². The van der Waals surface area contributed by atoms with Crippen molar-refractivity contribution in [2.75, 3.05) is 7.11 Å². The van der Waals surface area contributed by atoms with E-state index in [-0.39, 0.29) is 0 Å². The number of benzene rings is 2. The van der Waals surface area contributed by atoms with E-state index in [4.69, 9.17) is 4.74 Å². The molecule has 0 aliphatic heterocycles. The molecule has 3 nitrogen and oxygen atoms in total. The standard InChI is InChI=1S/C17H13NO2/c1-20-17-8-6-15(7-9-17)16(11-18)10-13-2-4-14(12-19)5-3-13/h2-10,12H,1H3/b16-10-. The monoisotopic (exact) mass is 263 g/mol. The lowest BCUT2D eigenvalue weighted by atomic mass is 10.0. The van der Waals surface area contributed by atoms with Gasteiger partial charge < -0.3 is 4.74 Å². The predicted molar refractivity (Wildman–Crippen MR) is 78.3 cm³/mol. The number of carbonyl (C=O) groups is 1. The molecule has 0 saturated heterocycles. The first-order valence-corrected chi connectivity index (χ1v) is 6.08. The number of rotatable bonds is 4. The zero-order valence-corrected chi connectivity index (χ0v) is 11.0. The Morgan fingerprint density at radius 1 is 1.05 bits per heavy atom. The number of hydrogen-bond acceptors (Lipinski definition) is 3. The maximum absolute atomic E-state index is 10.6. The Balaban J connectivity index is 2.32. The number of aldehydes is 1. The van der Waals surface area contributed by atoms with E-state index >= 15 is 0 Å². The summed E-state index contributed by atoms with van der Waals surface area (Å²) in [4.78, 5) is 10.6. The number of methoxy groups -OCH3 is 1. The van der Waals surface area contributed by atoms with Crippen molar-refractivity contribution in [1.29, 1.82) is 5.26 Å². The smallest absolute Gasteiger partial charge is 0.150 e. The molecule has 0 heterocycles. The molecule has 2 rings (SSSR count). The minimum Gasteiger partial charge on any atom is -0.497 e. The lowest BCUT2D eigenvalue weighted by Gasteiger charge is -2.02. The van der Waals surface area contributed by atoms with Gasteiger partial charge in [-0.05, 0) is 41.5 Å². The Morgan fingerprint density at radius 3 is 2.15 bits per heavy atom. The summed E-state index contributed by atoms with van der Waals surface area (Å²) >= 11 is 0. The molecule has 0 atom stereocenters. The van der Waals surface area contributed by atoms with Gasteiger partial charge in [0.1, 0.15) is 12.0 Å². The summed E-state index contributed by atoms with van der Waals surface area (Å²) in [6.45, 7) is 0. The third-order valence-electron chi connectivity index (χ3n) is 2.91. The van der Waals surface area contributed by atoms with E-state index in [1.165, 1.54) is 0 Å². The van der Waals surface area contributed by atoms with E-state index in [1.807, 2.05) is 36.4 Å². The minimum atomic E-state index is 0.562. The van der Waals surface area contributed by atoms with Crippen LogP contribution in [0.1, 0.15) is 21.5 Å². The van der Waals surface area contributed by atoms with Crippen molar-refractivity contribution >= 4 is 17.9 Å². The molecule has 2 aromatic rings. The lowest BCUT2D eigenvalue weighted by Crippen LogP contribution is -1.85. The second-order valence-corrected chi connectivity index (χ2v) is 4.18. The van der Waals surface area contributed by atoms with Gasteiger partial charge in [0.25, 0.3) is 0 Å². The average Bonchev–Trinajstić information content (AvgIpc) is 2.53. The van der Waals surface area contributed by atoms with Gasteiger partial charge in [0.2, 0.25) is 0 Å². The normalized spacial score (nSPS) is 10.7. The maximum Gasteiger partial charge on any atom is 0.150 e. The van der Waals surface area contributed by atoms with E-state index < -0.39 is 0 Å². The maximum atomic E-state index is 10.6. The molecule has 0 fully saturated rings. The molecule has 3 heteroatoms. The first-order valence-electron chi connectivity index (χ1n) is 6.08. The first kappa shape index (κ1) is 13.6. The van der Waals surface area contributed by atoms with Crippen molar-refractivity contribution in [3.63, 3.8) is 0 Å². The van der Waals surface area contributed by atoms with Crippen LogP contribution in [0.25, 0.3) is 11.6 Å². The summed E-state index contributed by atoms with van der Waals surface area (Å²) in [5, 5.41) is 9.26. The average molecular weight is 263 g/mol. The fourth-order valence-corrected chi connectivity index (χ4v) is 1.79. The van der Waals surface area contributed by atoms with Crippen LogP contribution in [0.4, 0.5) is 0 Å². The van der Waals surface area contributed by atoms with Gasteiger partial charge in [-0.25, -0.2) is 0 Å². The largest absolute Gasteiger partial charge is 0.497 e. The van der Waals surface area contributed by atoms with Crippen LogP contribution in [0.2, 0.25) is 0 Å². The predicted octanol–water partition coefficient (Wildman–Crippen LogP) is 3.57. The fraction of sp³-hybridized carbons (Fsp3) is 0.0588. The van der Waals surface area contributed by atoms with Gasteiger partial charge in [0, 0.05) is 5.56 Å². The molecule has 0 amide bonds. The highest BCUT2D eigenvalue weighted by Crippen LogP contribution is 2.20. The van der Waals surface area contributed by atoms with E-state index in [0.717, 1.165) is 23.2 Å². The van der Waals surface area contributed by atoms with Gasteiger partial charge in [0.05, 0.1) is 18.8 Å². The molecule has 98 valence electrons. The number of nitrogens with zero attached hydrogens (tertiary/aromatic N) is 1. The second-order valence-electron chi connectivity index (χ2n) is 4.18. The molecule has 2 aromatic carbocycles. The molecular formula is C17H13NO2. The Morgan fingerprint density at radius 2 is 1.65 bits per heavy atom. The second kappa shape index (κ2) is 6.35. The van der Waals surface area contributed by atoms with Crippen molar-refractivity contribution in [1.82, 2.24) is 0 Å². The van der Waals surface area contributed by atoms with Crippen LogP contribution >= 0.6 is 0 Å². The number of carbonyl (C=O) groups excluding carboxylic acids is 1. The summed E-state index contributed by atoms with van der Waals surface area (Å²) < 4.78 is 5.09. The number of hydrogen-bond donors (Lipinski definition) is 0. The van der Waals surface area contributed by atoms with Crippen LogP contribution in [0.15, 0.2) is 48.5 Å². The van der Waals surface area contributed by atoms with Crippen molar-refractivity contribution in [3.05, 3.63) is 65.2 Å². The van der Waals surface area contributed by atoms with Gasteiger partial charge in [-0.2, -0.15) is 5.26 Å². The quantitative estimate of drug-likeness (QED) is 0.481. The highest BCUT2D eigenvalue weighted by atomic mass is 16.5. The first-order chi connectivity index (χ1) is 9.76. The molecule has 0 unspecified atom stereocenters. The van der Waals surface area contributed by atoms with E-state index in [1.54, 1.807) is 25.3 Å². The number of nitriles is 1. The fourth-order valence-electron chi connectivity index (χ4n) is 1.79. The molecular weight excluding hydrogens is 250 g/mol. The summed E-state index contributed by atoms with van der Waals surface area (Å²) in [6, 6.07) is 16.6. The highest BCUT2D eigenvalue weighted by molar-refractivity contribution is 5.90. The van der Waals surface area contributed by atoms with Crippen LogP contribution in [0, 0.1) is 11.3 Å². The molecule has 0 aliphatic rings. The lowest BCUT2D eigenvalue weighted by molar-refractivity contribution is 0.112. The molecule has 0 saturated carbocycles. The molecule has 0 aromatic heterocycles. The van der Waals surface area contributed by atoms with Crippen LogP contribution in [0.5, 0.6) is 5.75 Å². The Labute approximate surface area is 117 Å². The van der Waals surface area contributed by atoms with Crippen molar-refractivity contribution < 1.29 is 9.53 Å². The molecule has 0 spiro atoms. The van der Waals surface area contributed by atoms with Crippen molar-refractivity contribution in [2.45, 2.75) is 0 Å². The Hall–Kier alpha value is -2.86. The summed E-state index contributed by atoms with van der Waals surface area (Å²) in [5.74, 6) is 0.751. The zero-order chi connectivity index (χ0) is 14.4. The third kappa shape index (κ3) is 3.12. The number of allylic oxidation sites excluding steroid dienone is 1. The molecule has 0 bridgehead atoms. The molecule has 0 radical (unpaired) electrons. The van der Waals surface area contributed by atoms with Crippen LogP contribution in [-0.2, 0) is 0 Å². The SMILES string of the molecule is COc1ccc(/C(C#N)=C\c2ccc(C=O)cc2)cc1. The summed E-state index contributed by atoms with van der Waals surface area (Å²) in [6.07, 6.45) is 2.58. The summed E-state index contributed by atoms with van der Waals surface area (Å²) in [7, 11) is 1.60. The van der Waals surface area contributed by atoms with Crippen molar-refractivity contribution in [2.24, 2.45) is 0 Å². The topological polar surface area (TPSA) is 50.1 Å². The molecule has 0 N–H and O–H groups in total. The van der Waals surface area contributed by atoms with Gasteiger partial charge in [-0.15, -0.1) is 0 Å². The Bertz CT molecular complexity index is 662. The van der Waals surface area contributed by atoms with Gasteiger partial charge >= 0.3 is 0 Å². The third-order valence-corrected chi connectivity index (χ3v) is 2.91. The Kier molecular flexibility index (Phi) is 4.31. The van der Waals surface area contributed by atoms with Crippen LogP contribution in [-0.4, -0.2) is 13.4 Å². The van der Waals surface area contributed by atoms with E-state index in [2.05, 4.69) is 6.07 Å². The van der Waals surface area contributed by atoms with E-state index in [9.17, 15) is 10.1 Å². The molecule has 20 heavy (non-hydrogen) atoms. The summed E-state index contributed by atoms with van der Waals surface area (Å²) in [5.41, 5.74) is 2.88. The van der Waals surface area contributed by atoms with Crippen LogP contribution < -0.4 is 4.74 Å². The minimum absolute atomic E-state index is 0.562. The number of ether oxygens (including phenoxy) is 1. The zero-order valence-electron chi connectivity index (χ0n) is 11.0. The van der Waals surface area contributed by atoms with Gasteiger partial charge in [0.15, 0.2) is 0 Å².